The molecule has 0 saturated carbocycles. The molecule has 1 aromatic carbocycles. The standard InChI is InChI=1S/C14H19ClFN3O2/c1-2-3-18-14(20)13-8-21-5-4-19(13)12-6-9(15)10(16)7-11(12)17/h6-7,13H,2-5,8,17H2,1H3,(H,18,20). The van der Waals surface area contributed by atoms with Gasteiger partial charge in [0.15, 0.2) is 0 Å². The average molecular weight is 316 g/mol. The molecule has 0 radical (unpaired) electrons. The Labute approximate surface area is 128 Å². The van der Waals surface area contributed by atoms with E-state index < -0.39 is 11.9 Å². The maximum atomic E-state index is 13.4. The molecule has 1 unspecified atom stereocenters. The Hall–Kier alpha value is -1.53. The molecule has 1 saturated heterocycles. The molecule has 1 aliphatic heterocycles. The van der Waals surface area contributed by atoms with Crippen molar-refractivity contribution in [2.75, 3.05) is 36.9 Å². The first-order valence-electron chi connectivity index (χ1n) is 6.91. The molecule has 7 heteroatoms. The number of hydrogen-bond donors (Lipinski definition) is 2. The summed E-state index contributed by atoms with van der Waals surface area (Å²) in [6, 6.07) is 2.14. The van der Waals surface area contributed by atoms with Crippen LogP contribution in [0.2, 0.25) is 5.02 Å². The fraction of sp³-hybridized carbons (Fsp3) is 0.500. The third kappa shape index (κ3) is 3.57. The normalized spacial score (nSPS) is 18.6. The second-order valence-corrected chi connectivity index (χ2v) is 5.31. The SMILES string of the molecule is CCCNC(=O)C1COCCN1c1cc(Cl)c(F)cc1N. The summed E-state index contributed by atoms with van der Waals surface area (Å²) in [6.07, 6.45) is 0.851. The highest BCUT2D eigenvalue weighted by Crippen LogP contribution is 2.31. The minimum atomic E-state index is -0.571. The molecule has 3 N–H and O–H groups in total. The largest absolute Gasteiger partial charge is 0.397 e. The third-order valence-corrected chi connectivity index (χ3v) is 3.65. The second kappa shape index (κ2) is 6.95. The number of morpholine rings is 1. The van der Waals surface area contributed by atoms with Crippen molar-refractivity contribution in [2.24, 2.45) is 0 Å². The van der Waals surface area contributed by atoms with Crippen LogP contribution in [-0.2, 0) is 9.53 Å². The van der Waals surface area contributed by atoms with E-state index in [4.69, 9.17) is 22.1 Å². The van der Waals surface area contributed by atoms with Gasteiger partial charge in [0, 0.05) is 19.2 Å². The summed E-state index contributed by atoms with van der Waals surface area (Å²) in [7, 11) is 0. The van der Waals surface area contributed by atoms with Crippen molar-refractivity contribution in [3.8, 4) is 0 Å². The minimum absolute atomic E-state index is 0.0154. The Balaban J connectivity index is 2.26. The van der Waals surface area contributed by atoms with E-state index in [0.29, 0.717) is 25.4 Å². The smallest absolute Gasteiger partial charge is 0.245 e. The summed E-state index contributed by atoms with van der Waals surface area (Å²) in [6.45, 7) is 3.82. The molecule has 21 heavy (non-hydrogen) atoms. The number of hydrogen-bond acceptors (Lipinski definition) is 4. The lowest BCUT2D eigenvalue weighted by atomic mass is 10.1. The van der Waals surface area contributed by atoms with Gasteiger partial charge in [0.1, 0.15) is 11.9 Å². The summed E-state index contributed by atoms with van der Waals surface area (Å²) in [5, 5.41) is 2.82. The van der Waals surface area contributed by atoms with Gasteiger partial charge in [-0.1, -0.05) is 18.5 Å². The van der Waals surface area contributed by atoms with Crippen LogP contribution in [0.25, 0.3) is 0 Å². The number of nitrogen functional groups attached to an aromatic ring is 1. The van der Waals surface area contributed by atoms with Gasteiger partial charge in [-0.05, 0) is 12.5 Å². The number of benzene rings is 1. The number of carbonyl (C=O) groups is 1. The highest BCUT2D eigenvalue weighted by Gasteiger charge is 2.30. The molecular weight excluding hydrogens is 297 g/mol. The Bertz CT molecular complexity index is 527. The molecule has 1 fully saturated rings. The van der Waals surface area contributed by atoms with Crippen molar-refractivity contribution < 1.29 is 13.9 Å². The number of nitrogens with zero attached hydrogens (tertiary/aromatic N) is 1. The third-order valence-electron chi connectivity index (χ3n) is 3.36. The first kappa shape index (κ1) is 15.9. The molecule has 0 spiro atoms. The van der Waals surface area contributed by atoms with Gasteiger partial charge in [-0.2, -0.15) is 0 Å². The number of nitrogens with one attached hydrogen (secondary N) is 1. The fourth-order valence-corrected chi connectivity index (χ4v) is 2.43. The Kier molecular flexibility index (Phi) is 5.25. The van der Waals surface area contributed by atoms with Gasteiger partial charge >= 0.3 is 0 Å². The van der Waals surface area contributed by atoms with Gasteiger partial charge < -0.3 is 20.7 Å². The van der Waals surface area contributed by atoms with Crippen LogP contribution in [0.3, 0.4) is 0 Å². The number of halogens is 2. The summed E-state index contributed by atoms with van der Waals surface area (Å²) >= 11 is 5.83. The van der Waals surface area contributed by atoms with Gasteiger partial charge in [0.05, 0.1) is 29.6 Å². The van der Waals surface area contributed by atoms with Crippen molar-refractivity contribution in [1.82, 2.24) is 5.32 Å². The van der Waals surface area contributed by atoms with Crippen LogP contribution in [0.15, 0.2) is 12.1 Å². The van der Waals surface area contributed by atoms with E-state index in [2.05, 4.69) is 5.32 Å². The zero-order valence-electron chi connectivity index (χ0n) is 11.9. The van der Waals surface area contributed by atoms with E-state index >= 15 is 0 Å². The first-order valence-corrected chi connectivity index (χ1v) is 7.29. The monoisotopic (exact) mass is 315 g/mol. The molecule has 5 nitrogen and oxygen atoms in total. The van der Waals surface area contributed by atoms with Gasteiger partial charge in [-0.3, -0.25) is 4.79 Å². The highest BCUT2D eigenvalue weighted by molar-refractivity contribution is 6.31. The first-order chi connectivity index (χ1) is 10.0. The Morgan fingerprint density at radius 1 is 1.62 bits per heavy atom. The summed E-state index contributed by atoms with van der Waals surface area (Å²) in [5.41, 5.74) is 6.68. The predicted molar refractivity (Wildman–Crippen MR) is 81.1 cm³/mol. The number of anilines is 2. The maximum absolute atomic E-state index is 13.4. The molecule has 2 rings (SSSR count). The molecule has 1 amide bonds. The van der Waals surface area contributed by atoms with E-state index in [0.717, 1.165) is 6.42 Å². The average Bonchev–Trinajstić information content (AvgIpc) is 2.48. The molecule has 1 atom stereocenters. The van der Waals surface area contributed by atoms with Gasteiger partial charge in [0.2, 0.25) is 5.91 Å². The van der Waals surface area contributed by atoms with Crippen molar-refractivity contribution in [3.63, 3.8) is 0 Å². The van der Waals surface area contributed by atoms with E-state index in [1.165, 1.54) is 12.1 Å². The molecule has 0 aliphatic carbocycles. The highest BCUT2D eigenvalue weighted by atomic mass is 35.5. The quantitative estimate of drug-likeness (QED) is 0.831. The van der Waals surface area contributed by atoms with E-state index in [1.54, 1.807) is 0 Å². The number of rotatable bonds is 4. The van der Waals surface area contributed by atoms with Crippen LogP contribution < -0.4 is 16.0 Å². The minimum Gasteiger partial charge on any atom is -0.397 e. The van der Waals surface area contributed by atoms with Gasteiger partial charge in [-0.15, -0.1) is 0 Å². The molecule has 116 valence electrons. The van der Waals surface area contributed by atoms with Crippen LogP contribution in [0.5, 0.6) is 0 Å². The Morgan fingerprint density at radius 3 is 3.10 bits per heavy atom. The lowest BCUT2D eigenvalue weighted by molar-refractivity contribution is -0.124. The van der Waals surface area contributed by atoms with Crippen LogP contribution >= 0.6 is 11.6 Å². The van der Waals surface area contributed by atoms with Crippen LogP contribution in [0, 0.1) is 5.82 Å². The number of nitrogens with two attached hydrogens (primary N) is 1. The van der Waals surface area contributed by atoms with E-state index in [-0.39, 0.29) is 23.2 Å². The van der Waals surface area contributed by atoms with Crippen molar-refractivity contribution in [3.05, 3.63) is 23.0 Å². The van der Waals surface area contributed by atoms with E-state index in [1.807, 2.05) is 11.8 Å². The number of carbonyl (C=O) groups excluding carboxylic acids is 1. The van der Waals surface area contributed by atoms with Crippen LogP contribution in [0.1, 0.15) is 13.3 Å². The fourth-order valence-electron chi connectivity index (χ4n) is 2.28. The topological polar surface area (TPSA) is 67.6 Å². The summed E-state index contributed by atoms with van der Waals surface area (Å²) in [5.74, 6) is -0.699. The zero-order chi connectivity index (χ0) is 15.4. The van der Waals surface area contributed by atoms with Gasteiger partial charge in [0.25, 0.3) is 0 Å². The summed E-state index contributed by atoms with van der Waals surface area (Å²) in [4.78, 5) is 14.0. The molecular formula is C14H19ClFN3O2. The zero-order valence-corrected chi connectivity index (χ0v) is 12.6. The molecule has 1 aromatic rings. The molecule has 0 bridgehead atoms. The lowest BCUT2D eigenvalue weighted by Crippen LogP contribution is -2.54. The Morgan fingerprint density at radius 2 is 2.38 bits per heavy atom. The second-order valence-electron chi connectivity index (χ2n) is 4.90. The van der Waals surface area contributed by atoms with Crippen LogP contribution in [-0.4, -0.2) is 38.3 Å². The van der Waals surface area contributed by atoms with Crippen molar-refractivity contribution in [2.45, 2.75) is 19.4 Å². The predicted octanol–water partition coefficient (Wildman–Crippen LogP) is 1.79. The van der Waals surface area contributed by atoms with Gasteiger partial charge in [-0.25, -0.2) is 4.39 Å². The molecule has 1 aliphatic rings. The van der Waals surface area contributed by atoms with Crippen molar-refractivity contribution in [1.29, 1.82) is 0 Å². The number of ether oxygens (including phenoxy) is 1. The molecule has 1 heterocycles. The van der Waals surface area contributed by atoms with Crippen molar-refractivity contribution >= 4 is 28.9 Å². The number of amides is 1. The molecule has 0 aromatic heterocycles. The lowest BCUT2D eigenvalue weighted by Gasteiger charge is -2.37. The maximum Gasteiger partial charge on any atom is 0.245 e. The van der Waals surface area contributed by atoms with E-state index in [9.17, 15) is 9.18 Å². The summed E-state index contributed by atoms with van der Waals surface area (Å²) < 4.78 is 18.8. The van der Waals surface area contributed by atoms with Crippen LogP contribution in [0.4, 0.5) is 15.8 Å².